The molecular weight excluding hydrogens is 200 g/mol. The Kier molecular flexibility index (Phi) is 4.01. The number of hydrogen-bond donors (Lipinski definition) is 0. The van der Waals surface area contributed by atoms with Crippen LogP contribution in [0, 0.1) is 18.3 Å². The van der Waals surface area contributed by atoms with Crippen molar-refractivity contribution in [3.8, 4) is 6.07 Å². The molecule has 0 unspecified atom stereocenters. The van der Waals surface area contributed by atoms with Crippen molar-refractivity contribution in [3.05, 3.63) is 30.1 Å². The van der Waals surface area contributed by atoms with Gasteiger partial charge in [0.15, 0.2) is 0 Å². The van der Waals surface area contributed by atoms with Crippen molar-refractivity contribution in [2.75, 3.05) is 11.4 Å². The van der Waals surface area contributed by atoms with Gasteiger partial charge >= 0.3 is 0 Å². The molecule has 0 fully saturated rings. The summed E-state index contributed by atoms with van der Waals surface area (Å²) in [5.74, 6) is 0.589. The molecule has 0 aliphatic carbocycles. The number of nitriles is 1. The zero-order valence-electron chi connectivity index (χ0n) is 9.94. The molecule has 0 aromatic carbocycles. The normalized spacial score (nSPS) is 9.94. The van der Waals surface area contributed by atoms with E-state index < -0.39 is 0 Å². The molecule has 1 aromatic rings. The van der Waals surface area contributed by atoms with Crippen LogP contribution in [0.4, 0.5) is 5.95 Å². The van der Waals surface area contributed by atoms with Crippen molar-refractivity contribution < 1.29 is 0 Å². The van der Waals surface area contributed by atoms with Crippen molar-refractivity contribution in [2.24, 2.45) is 0 Å². The zero-order chi connectivity index (χ0) is 12.1. The van der Waals surface area contributed by atoms with Crippen molar-refractivity contribution in [3.63, 3.8) is 0 Å². The van der Waals surface area contributed by atoms with Gasteiger partial charge in [-0.3, -0.25) is 0 Å². The van der Waals surface area contributed by atoms with E-state index in [1.54, 1.807) is 12.1 Å². The molecule has 0 atom stereocenters. The van der Waals surface area contributed by atoms with Crippen molar-refractivity contribution in [1.82, 2.24) is 9.97 Å². The smallest absolute Gasteiger partial charge is 0.227 e. The number of anilines is 1. The Morgan fingerprint density at radius 3 is 2.75 bits per heavy atom. The summed E-state index contributed by atoms with van der Waals surface area (Å²) in [6.07, 6.45) is 1.80. The second-order valence-electron chi connectivity index (χ2n) is 3.84. The molecule has 0 spiro atoms. The lowest BCUT2D eigenvalue weighted by Gasteiger charge is -2.25. The van der Waals surface area contributed by atoms with Crippen LogP contribution in [-0.4, -0.2) is 22.6 Å². The summed E-state index contributed by atoms with van der Waals surface area (Å²) in [6.45, 7) is 10.4. The molecule has 1 rings (SSSR count). The van der Waals surface area contributed by atoms with Gasteiger partial charge < -0.3 is 4.90 Å². The first-order chi connectivity index (χ1) is 7.58. The Bertz CT molecular complexity index is 418. The lowest BCUT2D eigenvalue weighted by Crippen LogP contribution is -2.32. The van der Waals surface area contributed by atoms with Crippen molar-refractivity contribution in [1.29, 1.82) is 5.26 Å². The number of aromatic nitrogens is 2. The lowest BCUT2D eigenvalue weighted by molar-refractivity contribution is 0.696. The summed E-state index contributed by atoms with van der Waals surface area (Å²) in [6, 6.07) is 3.99. The molecule has 0 aliphatic heterocycles. The summed E-state index contributed by atoms with van der Waals surface area (Å²) in [4.78, 5) is 10.5. The molecule has 1 heterocycles. The van der Waals surface area contributed by atoms with E-state index in [4.69, 9.17) is 5.26 Å². The zero-order valence-corrected chi connectivity index (χ0v) is 9.94. The van der Waals surface area contributed by atoms with Gasteiger partial charge in [-0.05, 0) is 26.8 Å². The van der Waals surface area contributed by atoms with Crippen molar-refractivity contribution >= 4 is 5.95 Å². The van der Waals surface area contributed by atoms with E-state index in [0.717, 1.165) is 5.69 Å². The van der Waals surface area contributed by atoms with Crippen LogP contribution in [0.2, 0.25) is 0 Å². The fourth-order valence-electron chi connectivity index (χ4n) is 1.40. The molecule has 0 aliphatic rings. The molecule has 0 radical (unpaired) electrons. The fraction of sp³-hybridized carbons (Fsp3) is 0.417. The van der Waals surface area contributed by atoms with Crippen LogP contribution in [0.15, 0.2) is 18.7 Å². The first-order valence-corrected chi connectivity index (χ1v) is 5.21. The molecule has 16 heavy (non-hydrogen) atoms. The number of nitrogens with zero attached hydrogens (tertiary/aromatic N) is 4. The van der Waals surface area contributed by atoms with Crippen LogP contribution < -0.4 is 4.90 Å². The quantitative estimate of drug-likeness (QED) is 0.723. The third-order valence-electron chi connectivity index (χ3n) is 2.16. The predicted octanol–water partition coefficient (Wildman–Crippen LogP) is 2.06. The topological polar surface area (TPSA) is 52.8 Å². The Labute approximate surface area is 96.3 Å². The van der Waals surface area contributed by atoms with Gasteiger partial charge in [0, 0.05) is 18.3 Å². The van der Waals surface area contributed by atoms with E-state index in [1.165, 1.54) is 0 Å². The minimum absolute atomic E-state index is 0.270. The minimum Gasteiger partial charge on any atom is -0.335 e. The van der Waals surface area contributed by atoms with Gasteiger partial charge in [-0.25, -0.2) is 9.97 Å². The van der Waals surface area contributed by atoms with Gasteiger partial charge in [0.2, 0.25) is 5.95 Å². The molecule has 0 bridgehead atoms. The molecule has 84 valence electrons. The van der Waals surface area contributed by atoms with Gasteiger partial charge in [0.05, 0.1) is 0 Å². The molecule has 1 aromatic heterocycles. The third-order valence-corrected chi connectivity index (χ3v) is 2.16. The average Bonchev–Trinajstić information content (AvgIpc) is 2.24. The Morgan fingerprint density at radius 1 is 1.56 bits per heavy atom. The van der Waals surface area contributed by atoms with E-state index >= 15 is 0 Å². The summed E-state index contributed by atoms with van der Waals surface area (Å²) >= 11 is 0. The first-order valence-electron chi connectivity index (χ1n) is 5.21. The molecule has 0 saturated carbocycles. The average molecular weight is 216 g/mol. The second kappa shape index (κ2) is 5.26. The van der Waals surface area contributed by atoms with E-state index in [0.29, 0.717) is 18.2 Å². The fourth-order valence-corrected chi connectivity index (χ4v) is 1.40. The van der Waals surface area contributed by atoms with E-state index in [-0.39, 0.29) is 6.04 Å². The van der Waals surface area contributed by atoms with Crippen LogP contribution in [0.5, 0.6) is 0 Å². The number of aryl methyl sites for hydroxylation is 1. The third kappa shape index (κ3) is 2.80. The molecule has 0 N–H and O–H groups in total. The highest BCUT2D eigenvalue weighted by Gasteiger charge is 2.13. The minimum atomic E-state index is 0.270. The van der Waals surface area contributed by atoms with E-state index in [9.17, 15) is 0 Å². The van der Waals surface area contributed by atoms with Crippen molar-refractivity contribution in [2.45, 2.75) is 26.8 Å². The van der Waals surface area contributed by atoms with E-state index in [1.807, 2.05) is 17.9 Å². The number of rotatable bonds is 4. The Hall–Kier alpha value is -1.89. The van der Waals surface area contributed by atoms with E-state index in [2.05, 4.69) is 30.4 Å². The van der Waals surface area contributed by atoms with Gasteiger partial charge in [0.25, 0.3) is 0 Å². The van der Waals surface area contributed by atoms with Gasteiger partial charge in [-0.2, -0.15) is 5.26 Å². The molecule has 4 heteroatoms. The van der Waals surface area contributed by atoms with Crippen LogP contribution in [0.25, 0.3) is 0 Å². The lowest BCUT2D eigenvalue weighted by atomic mass is 10.3. The monoisotopic (exact) mass is 216 g/mol. The summed E-state index contributed by atoms with van der Waals surface area (Å²) < 4.78 is 0. The van der Waals surface area contributed by atoms with Gasteiger partial charge in [0.1, 0.15) is 11.8 Å². The van der Waals surface area contributed by atoms with Gasteiger partial charge in [-0.1, -0.05) is 6.08 Å². The summed E-state index contributed by atoms with van der Waals surface area (Å²) in [5, 5.41) is 8.86. The Morgan fingerprint density at radius 2 is 2.25 bits per heavy atom. The molecule has 0 amide bonds. The molecule has 4 nitrogen and oxygen atoms in total. The highest BCUT2D eigenvalue weighted by Crippen LogP contribution is 2.12. The maximum absolute atomic E-state index is 8.86. The first kappa shape index (κ1) is 12.2. The maximum atomic E-state index is 8.86. The Balaban J connectivity index is 3.14. The molecular formula is C12H16N4. The maximum Gasteiger partial charge on any atom is 0.227 e. The SMILES string of the molecule is C=CCN(c1nc(C)cc(C#N)n1)C(C)C. The summed E-state index contributed by atoms with van der Waals surface area (Å²) in [5.41, 5.74) is 1.20. The van der Waals surface area contributed by atoms with Crippen LogP contribution in [-0.2, 0) is 0 Å². The van der Waals surface area contributed by atoms with Crippen LogP contribution >= 0.6 is 0 Å². The highest BCUT2D eigenvalue weighted by atomic mass is 15.3. The molecule has 0 saturated heterocycles. The highest BCUT2D eigenvalue weighted by molar-refractivity contribution is 5.37. The summed E-state index contributed by atoms with van der Waals surface area (Å²) in [7, 11) is 0. The largest absolute Gasteiger partial charge is 0.335 e. The standard InChI is InChI=1S/C12H16N4/c1-5-6-16(9(2)3)12-14-10(4)7-11(8-13)15-12/h5,7,9H,1,6H2,2-4H3. The van der Waals surface area contributed by atoms with Gasteiger partial charge in [-0.15, -0.1) is 6.58 Å². The predicted molar refractivity (Wildman–Crippen MR) is 64.2 cm³/mol. The van der Waals surface area contributed by atoms with Crippen LogP contribution in [0.3, 0.4) is 0 Å². The second-order valence-corrected chi connectivity index (χ2v) is 3.84. The number of hydrogen-bond acceptors (Lipinski definition) is 4. The van der Waals surface area contributed by atoms with Crippen LogP contribution in [0.1, 0.15) is 25.2 Å².